The zero-order valence-corrected chi connectivity index (χ0v) is 10.9. The third-order valence-corrected chi connectivity index (χ3v) is 2.95. The molecule has 0 heterocycles. The van der Waals surface area contributed by atoms with Crippen LogP contribution in [-0.2, 0) is 5.88 Å². The molecule has 4 heteroatoms. The summed E-state index contributed by atoms with van der Waals surface area (Å²) in [6, 6.07) is 14.3. The topological polar surface area (TPSA) is 33.0 Å². The Labute approximate surface area is 115 Å². The maximum Gasteiger partial charge on any atom is 0.146 e. The van der Waals surface area contributed by atoms with Gasteiger partial charge in [0.2, 0.25) is 0 Å². The van der Waals surface area contributed by atoms with E-state index in [4.69, 9.17) is 33.2 Å². The highest BCUT2D eigenvalue weighted by atomic mass is 35.5. The van der Waals surface area contributed by atoms with Gasteiger partial charge in [-0.05, 0) is 35.9 Å². The van der Waals surface area contributed by atoms with Crippen molar-refractivity contribution in [2.45, 2.75) is 5.88 Å². The number of ether oxygens (including phenoxy) is 1. The molecule has 0 saturated heterocycles. The Bertz CT molecular complexity index is 605. The molecule has 0 amide bonds. The van der Waals surface area contributed by atoms with Crippen LogP contribution in [0.5, 0.6) is 11.5 Å². The van der Waals surface area contributed by atoms with E-state index in [9.17, 15) is 0 Å². The molecule has 2 aromatic carbocycles. The number of nitriles is 1. The van der Waals surface area contributed by atoms with E-state index in [2.05, 4.69) is 6.07 Å². The first kappa shape index (κ1) is 12.8. The fourth-order valence-corrected chi connectivity index (χ4v) is 1.87. The van der Waals surface area contributed by atoms with Crippen LogP contribution in [0.1, 0.15) is 11.1 Å². The smallest absolute Gasteiger partial charge is 0.146 e. The van der Waals surface area contributed by atoms with Gasteiger partial charge in [0.1, 0.15) is 11.5 Å². The number of hydrogen-bond donors (Lipinski definition) is 0. The number of hydrogen-bond acceptors (Lipinski definition) is 2. The Balaban J connectivity index is 2.26. The number of benzene rings is 2. The van der Waals surface area contributed by atoms with Crippen molar-refractivity contribution >= 4 is 23.2 Å². The highest BCUT2D eigenvalue weighted by Gasteiger charge is 2.05. The second-order valence-electron chi connectivity index (χ2n) is 3.64. The second kappa shape index (κ2) is 5.77. The number of halogens is 2. The Morgan fingerprint density at radius 1 is 1.17 bits per heavy atom. The van der Waals surface area contributed by atoms with Gasteiger partial charge in [-0.15, -0.1) is 11.6 Å². The monoisotopic (exact) mass is 277 g/mol. The van der Waals surface area contributed by atoms with Crippen LogP contribution in [0.2, 0.25) is 5.02 Å². The van der Waals surface area contributed by atoms with Crippen LogP contribution in [0.4, 0.5) is 0 Å². The van der Waals surface area contributed by atoms with Gasteiger partial charge in [0, 0.05) is 5.88 Å². The van der Waals surface area contributed by atoms with Crippen LogP contribution in [0.3, 0.4) is 0 Å². The van der Waals surface area contributed by atoms with Crippen molar-refractivity contribution in [2.75, 3.05) is 0 Å². The molecule has 90 valence electrons. The molecule has 2 nitrogen and oxygen atoms in total. The summed E-state index contributed by atoms with van der Waals surface area (Å²) in [5, 5.41) is 9.30. The van der Waals surface area contributed by atoms with Crippen molar-refractivity contribution in [3.63, 3.8) is 0 Å². The summed E-state index contributed by atoms with van der Waals surface area (Å²) in [5.41, 5.74) is 1.47. The van der Waals surface area contributed by atoms with Crippen molar-refractivity contribution in [2.24, 2.45) is 0 Å². The van der Waals surface area contributed by atoms with E-state index < -0.39 is 0 Å². The summed E-state index contributed by atoms with van der Waals surface area (Å²) in [5.74, 6) is 1.53. The Morgan fingerprint density at radius 3 is 2.67 bits per heavy atom. The molecular formula is C14H9Cl2NO. The Hall–Kier alpha value is -1.69. The largest absolute Gasteiger partial charge is 0.456 e. The lowest BCUT2D eigenvalue weighted by atomic mass is 10.2. The van der Waals surface area contributed by atoms with E-state index in [1.807, 2.05) is 6.07 Å². The quantitative estimate of drug-likeness (QED) is 0.759. The average Bonchev–Trinajstić information content (AvgIpc) is 2.41. The maximum absolute atomic E-state index is 8.80. The molecule has 0 saturated carbocycles. The van der Waals surface area contributed by atoms with Gasteiger partial charge in [0.25, 0.3) is 0 Å². The molecule has 0 unspecified atom stereocenters. The summed E-state index contributed by atoms with van der Waals surface area (Å²) >= 11 is 11.8. The predicted octanol–water partition coefficient (Wildman–Crippen LogP) is 4.74. The molecular weight excluding hydrogens is 269 g/mol. The molecule has 0 aliphatic carbocycles. The number of alkyl halides is 1. The van der Waals surface area contributed by atoms with Crippen LogP contribution in [0.25, 0.3) is 0 Å². The molecule has 0 bridgehead atoms. The first-order chi connectivity index (χ1) is 8.72. The minimum atomic E-state index is 0.407. The molecule has 0 aliphatic heterocycles. The molecule has 0 atom stereocenters. The fraction of sp³-hybridized carbons (Fsp3) is 0.0714. The van der Waals surface area contributed by atoms with Crippen molar-refractivity contribution in [3.8, 4) is 17.6 Å². The van der Waals surface area contributed by atoms with E-state index >= 15 is 0 Å². The SMILES string of the molecule is N#Cc1cccc(Oc2ccc(CCl)cc2Cl)c1. The van der Waals surface area contributed by atoms with Crippen molar-refractivity contribution in [3.05, 3.63) is 58.6 Å². The van der Waals surface area contributed by atoms with E-state index in [1.54, 1.807) is 36.4 Å². The van der Waals surface area contributed by atoms with E-state index in [0.717, 1.165) is 5.56 Å². The van der Waals surface area contributed by atoms with Crippen LogP contribution in [0, 0.1) is 11.3 Å². The molecule has 0 spiro atoms. The molecule has 0 aromatic heterocycles. The summed E-state index contributed by atoms with van der Waals surface area (Å²) in [4.78, 5) is 0. The number of nitrogens with zero attached hydrogens (tertiary/aromatic N) is 1. The van der Waals surface area contributed by atoms with Gasteiger partial charge in [-0.1, -0.05) is 23.7 Å². The van der Waals surface area contributed by atoms with Gasteiger partial charge in [-0.3, -0.25) is 0 Å². The van der Waals surface area contributed by atoms with Gasteiger partial charge in [-0.2, -0.15) is 5.26 Å². The number of rotatable bonds is 3. The first-order valence-corrected chi connectivity index (χ1v) is 6.16. The zero-order chi connectivity index (χ0) is 13.0. The Kier molecular flexibility index (Phi) is 4.09. The van der Waals surface area contributed by atoms with Gasteiger partial charge < -0.3 is 4.74 Å². The molecule has 0 radical (unpaired) electrons. The van der Waals surface area contributed by atoms with E-state index in [1.165, 1.54) is 0 Å². The standard InChI is InChI=1S/C14H9Cl2NO/c15-8-10-4-5-14(13(16)7-10)18-12-3-1-2-11(6-12)9-17/h1-7H,8H2. The van der Waals surface area contributed by atoms with E-state index in [-0.39, 0.29) is 0 Å². The zero-order valence-electron chi connectivity index (χ0n) is 9.36. The van der Waals surface area contributed by atoms with Crippen molar-refractivity contribution in [1.82, 2.24) is 0 Å². The van der Waals surface area contributed by atoms with Crippen LogP contribution < -0.4 is 4.74 Å². The highest BCUT2D eigenvalue weighted by Crippen LogP contribution is 2.30. The second-order valence-corrected chi connectivity index (χ2v) is 4.31. The maximum atomic E-state index is 8.80. The fourth-order valence-electron chi connectivity index (χ4n) is 1.47. The van der Waals surface area contributed by atoms with E-state index in [0.29, 0.717) is 28.0 Å². The average molecular weight is 278 g/mol. The molecule has 2 aromatic rings. The lowest BCUT2D eigenvalue weighted by molar-refractivity contribution is 0.482. The summed E-state index contributed by atoms with van der Waals surface area (Å²) in [6.07, 6.45) is 0. The predicted molar refractivity (Wildman–Crippen MR) is 72.2 cm³/mol. The highest BCUT2D eigenvalue weighted by molar-refractivity contribution is 6.32. The Morgan fingerprint density at radius 2 is 2.00 bits per heavy atom. The van der Waals surface area contributed by atoms with Crippen LogP contribution in [0.15, 0.2) is 42.5 Å². The van der Waals surface area contributed by atoms with Gasteiger partial charge in [0.05, 0.1) is 16.7 Å². The summed E-state index contributed by atoms with van der Waals surface area (Å²) in [7, 11) is 0. The molecule has 0 aliphatic rings. The van der Waals surface area contributed by atoms with Crippen LogP contribution >= 0.6 is 23.2 Å². The van der Waals surface area contributed by atoms with Crippen molar-refractivity contribution in [1.29, 1.82) is 5.26 Å². The third kappa shape index (κ3) is 2.95. The minimum absolute atomic E-state index is 0.407. The normalized spacial score (nSPS) is 9.83. The van der Waals surface area contributed by atoms with Crippen molar-refractivity contribution < 1.29 is 4.74 Å². The summed E-state index contributed by atoms with van der Waals surface area (Å²) in [6.45, 7) is 0. The molecule has 18 heavy (non-hydrogen) atoms. The molecule has 0 fully saturated rings. The third-order valence-electron chi connectivity index (χ3n) is 2.34. The lowest BCUT2D eigenvalue weighted by Gasteiger charge is -2.08. The first-order valence-electron chi connectivity index (χ1n) is 5.25. The summed E-state index contributed by atoms with van der Waals surface area (Å²) < 4.78 is 5.62. The minimum Gasteiger partial charge on any atom is -0.456 e. The van der Waals surface area contributed by atoms with Gasteiger partial charge in [0.15, 0.2) is 0 Å². The lowest BCUT2D eigenvalue weighted by Crippen LogP contribution is -1.87. The molecule has 0 N–H and O–H groups in total. The van der Waals surface area contributed by atoms with Gasteiger partial charge >= 0.3 is 0 Å². The van der Waals surface area contributed by atoms with Gasteiger partial charge in [-0.25, -0.2) is 0 Å². The van der Waals surface area contributed by atoms with Crippen LogP contribution in [-0.4, -0.2) is 0 Å². The molecule has 2 rings (SSSR count).